The predicted octanol–water partition coefficient (Wildman–Crippen LogP) is 4.37. The molecular formula is C67H112O25. The van der Waals surface area contributed by atoms with Gasteiger partial charge >= 0.3 is 0 Å². The molecule has 3 aromatic carbocycles. The maximum absolute atomic E-state index is 8.62. The Balaban J connectivity index is 0.884. The highest BCUT2D eigenvalue weighted by Crippen LogP contribution is 2.40. The van der Waals surface area contributed by atoms with E-state index < -0.39 is 5.60 Å². The van der Waals surface area contributed by atoms with Gasteiger partial charge in [-0.05, 0) is 16.7 Å². The standard InChI is InChI=1S/C67H112O25/c68-16-17-69-18-19-70-20-21-71-22-23-72-24-25-73-26-27-74-28-29-75-30-31-76-32-33-77-34-35-78-36-37-79-38-39-80-40-41-81-42-43-82-44-45-83-46-47-84-48-49-85-50-51-86-52-53-87-54-55-88-56-57-89-58-59-90-60-61-91-62-63-92-67(64-10-4-1-5-11-64,65-12-6-2-7-13-65)66-14-8-3-9-15-66/h1-15,68H,16-63H2. The first kappa shape index (κ1) is 82.9. The highest BCUT2D eigenvalue weighted by Gasteiger charge is 2.37. The molecule has 0 aliphatic heterocycles. The summed E-state index contributed by atoms with van der Waals surface area (Å²) in [6, 6.07) is 31.0. The smallest absolute Gasteiger partial charge is 0.143 e. The largest absolute Gasteiger partial charge is 0.394 e. The Bertz CT molecular complexity index is 1790. The van der Waals surface area contributed by atoms with E-state index in [1.165, 1.54) is 0 Å². The monoisotopic (exact) mass is 1320 g/mol. The van der Waals surface area contributed by atoms with Crippen molar-refractivity contribution in [3.63, 3.8) is 0 Å². The molecule has 0 amide bonds. The van der Waals surface area contributed by atoms with Crippen LogP contribution in [-0.2, 0) is 119 Å². The first-order valence-corrected chi connectivity index (χ1v) is 32.6. The van der Waals surface area contributed by atoms with Gasteiger partial charge in [0, 0.05) is 0 Å². The SMILES string of the molecule is OCCOCCOCCOCCOCCOCCOCCOCCOCCOCCOCCOCCOCCOCCOCCOCCOCCOCCOCCOCCOCCOCCOCCOCCOC(c1ccccc1)(c1ccccc1)c1ccccc1. The topological polar surface area (TPSA) is 242 Å². The number of aliphatic hydroxyl groups is 1. The average molecular weight is 1320 g/mol. The molecule has 92 heavy (non-hydrogen) atoms. The Morgan fingerprint density at radius 1 is 0.163 bits per heavy atom. The summed E-state index contributed by atoms with van der Waals surface area (Å²) in [5.41, 5.74) is 2.42. The predicted molar refractivity (Wildman–Crippen MR) is 341 cm³/mol. The van der Waals surface area contributed by atoms with E-state index in [1.54, 1.807) is 0 Å². The maximum Gasteiger partial charge on any atom is 0.143 e. The van der Waals surface area contributed by atoms with E-state index in [2.05, 4.69) is 36.4 Å². The molecule has 1 N–H and O–H groups in total. The Morgan fingerprint density at radius 2 is 0.283 bits per heavy atom. The lowest BCUT2D eigenvalue weighted by molar-refractivity contribution is -0.0399. The molecule has 0 saturated heterocycles. The van der Waals surface area contributed by atoms with E-state index in [9.17, 15) is 0 Å². The van der Waals surface area contributed by atoms with Crippen LogP contribution in [0, 0.1) is 0 Å². The number of rotatable bonds is 75. The molecule has 0 fully saturated rings. The summed E-state index contributed by atoms with van der Waals surface area (Å²) >= 11 is 0. The molecule has 25 heteroatoms. The Morgan fingerprint density at radius 3 is 0.413 bits per heavy atom. The summed E-state index contributed by atoms with van der Waals surface area (Å²) in [4.78, 5) is 0. The van der Waals surface area contributed by atoms with Crippen LogP contribution in [0.5, 0.6) is 0 Å². The summed E-state index contributed by atoms with van der Waals surface area (Å²) < 4.78 is 134. The number of benzene rings is 3. The molecule has 0 aliphatic rings. The third kappa shape index (κ3) is 50.1. The molecule has 0 spiro atoms. The Hall–Kier alpha value is -3.34. The maximum atomic E-state index is 8.62. The second-order valence-corrected chi connectivity index (χ2v) is 19.4. The molecule has 3 aromatic rings. The highest BCUT2D eigenvalue weighted by molar-refractivity contribution is 5.47. The van der Waals surface area contributed by atoms with E-state index in [-0.39, 0.29) is 6.61 Å². The van der Waals surface area contributed by atoms with Gasteiger partial charge in [0.1, 0.15) is 5.60 Å². The molecule has 0 saturated carbocycles. The van der Waals surface area contributed by atoms with Crippen molar-refractivity contribution in [1.29, 1.82) is 0 Å². The molecule has 530 valence electrons. The van der Waals surface area contributed by atoms with Crippen LogP contribution in [0.1, 0.15) is 16.7 Å². The number of ether oxygens (including phenoxy) is 24. The van der Waals surface area contributed by atoms with Gasteiger partial charge < -0.3 is 119 Å². The van der Waals surface area contributed by atoms with E-state index in [0.717, 1.165) is 16.7 Å². The van der Waals surface area contributed by atoms with Crippen LogP contribution >= 0.6 is 0 Å². The second-order valence-electron chi connectivity index (χ2n) is 19.4. The molecule has 0 bridgehead atoms. The molecule has 0 heterocycles. The Labute approximate surface area is 547 Å². The van der Waals surface area contributed by atoms with Crippen LogP contribution in [0.15, 0.2) is 91.0 Å². The minimum Gasteiger partial charge on any atom is -0.394 e. The van der Waals surface area contributed by atoms with Crippen LogP contribution < -0.4 is 0 Å². The van der Waals surface area contributed by atoms with Crippen LogP contribution in [0.4, 0.5) is 0 Å². The molecule has 0 atom stereocenters. The third-order valence-electron chi connectivity index (χ3n) is 12.5. The van der Waals surface area contributed by atoms with E-state index in [0.29, 0.717) is 311 Å². The van der Waals surface area contributed by atoms with Crippen LogP contribution in [0.25, 0.3) is 0 Å². The molecular weight excluding hydrogens is 1200 g/mol. The van der Waals surface area contributed by atoms with Crippen LogP contribution in [-0.4, -0.2) is 322 Å². The normalized spacial score (nSPS) is 11.8. The lowest BCUT2D eigenvalue weighted by Gasteiger charge is -2.36. The molecule has 0 radical (unpaired) electrons. The van der Waals surface area contributed by atoms with Crippen LogP contribution in [0.2, 0.25) is 0 Å². The summed E-state index contributed by atoms with van der Waals surface area (Å²) in [7, 11) is 0. The van der Waals surface area contributed by atoms with E-state index >= 15 is 0 Å². The van der Waals surface area contributed by atoms with Crippen LogP contribution in [0.3, 0.4) is 0 Å². The van der Waals surface area contributed by atoms with E-state index in [4.69, 9.17) is 119 Å². The van der Waals surface area contributed by atoms with Crippen molar-refractivity contribution in [3.8, 4) is 0 Å². The van der Waals surface area contributed by atoms with Crippen molar-refractivity contribution < 1.29 is 119 Å². The minimum absolute atomic E-state index is 0.0172. The summed E-state index contributed by atoms with van der Waals surface area (Å²) in [5.74, 6) is 0. The lowest BCUT2D eigenvalue weighted by Crippen LogP contribution is -2.34. The third-order valence-corrected chi connectivity index (χ3v) is 12.5. The average Bonchev–Trinajstić information content (AvgIpc) is 0.792. The van der Waals surface area contributed by atoms with Crippen molar-refractivity contribution in [2.24, 2.45) is 0 Å². The fraction of sp³-hybridized carbons (Fsp3) is 0.731. The molecule has 3 rings (SSSR count). The van der Waals surface area contributed by atoms with Gasteiger partial charge in [0.2, 0.25) is 0 Å². The van der Waals surface area contributed by atoms with E-state index in [1.807, 2.05) is 54.6 Å². The zero-order valence-corrected chi connectivity index (χ0v) is 54.8. The van der Waals surface area contributed by atoms with Gasteiger partial charge in [-0.3, -0.25) is 0 Å². The minimum atomic E-state index is -0.764. The number of hydrogen-bond donors (Lipinski definition) is 1. The molecule has 0 aliphatic carbocycles. The van der Waals surface area contributed by atoms with Crippen molar-refractivity contribution >= 4 is 0 Å². The lowest BCUT2D eigenvalue weighted by atomic mass is 9.80. The van der Waals surface area contributed by atoms with Crippen molar-refractivity contribution in [3.05, 3.63) is 108 Å². The van der Waals surface area contributed by atoms with Crippen molar-refractivity contribution in [2.75, 3.05) is 317 Å². The number of hydrogen-bond acceptors (Lipinski definition) is 25. The van der Waals surface area contributed by atoms with Gasteiger partial charge in [0.05, 0.1) is 317 Å². The van der Waals surface area contributed by atoms with Gasteiger partial charge in [-0.15, -0.1) is 0 Å². The van der Waals surface area contributed by atoms with Gasteiger partial charge in [-0.2, -0.15) is 0 Å². The first-order chi connectivity index (χ1) is 45.9. The summed E-state index contributed by atoms with van der Waals surface area (Å²) in [6.45, 7) is 22.4. The van der Waals surface area contributed by atoms with Crippen molar-refractivity contribution in [1.82, 2.24) is 0 Å². The molecule has 0 unspecified atom stereocenters. The quantitative estimate of drug-likeness (QED) is 0.0609. The van der Waals surface area contributed by atoms with Gasteiger partial charge in [-0.1, -0.05) is 91.0 Å². The molecule has 0 aromatic heterocycles. The number of aliphatic hydroxyl groups excluding tert-OH is 1. The highest BCUT2D eigenvalue weighted by atomic mass is 16.6. The first-order valence-electron chi connectivity index (χ1n) is 32.6. The van der Waals surface area contributed by atoms with Crippen molar-refractivity contribution in [2.45, 2.75) is 5.60 Å². The molecule has 25 nitrogen and oxygen atoms in total. The summed E-state index contributed by atoms with van der Waals surface area (Å²) in [6.07, 6.45) is 0. The fourth-order valence-electron chi connectivity index (χ4n) is 8.03. The Kier molecular flexibility index (Phi) is 60.9. The summed E-state index contributed by atoms with van der Waals surface area (Å²) in [5, 5.41) is 8.62. The van der Waals surface area contributed by atoms with Gasteiger partial charge in [0.25, 0.3) is 0 Å². The fourth-order valence-corrected chi connectivity index (χ4v) is 8.03. The zero-order valence-electron chi connectivity index (χ0n) is 54.8. The zero-order chi connectivity index (χ0) is 64.8. The van der Waals surface area contributed by atoms with Gasteiger partial charge in [-0.25, -0.2) is 0 Å². The van der Waals surface area contributed by atoms with Gasteiger partial charge in [0.15, 0.2) is 0 Å². The second kappa shape index (κ2) is 67.6.